The van der Waals surface area contributed by atoms with Gasteiger partial charge >= 0.3 is 0 Å². The molecule has 102 valence electrons. The monoisotopic (exact) mass is 270 g/mol. The van der Waals surface area contributed by atoms with E-state index in [1.165, 1.54) is 0 Å². The van der Waals surface area contributed by atoms with E-state index < -0.39 is 0 Å². The summed E-state index contributed by atoms with van der Waals surface area (Å²) in [6.45, 7) is 0.677. The van der Waals surface area contributed by atoms with Crippen LogP contribution in [0, 0.1) is 0 Å². The molecule has 1 heterocycles. The zero-order chi connectivity index (χ0) is 13.9. The van der Waals surface area contributed by atoms with E-state index in [4.69, 9.17) is 15.2 Å². The van der Waals surface area contributed by atoms with Crippen molar-refractivity contribution in [3.05, 3.63) is 53.6 Å². The summed E-state index contributed by atoms with van der Waals surface area (Å²) >= 11 is 0. The SMILES string of the molecule is Nc1ccc(C(=O)NCc2ccc3c(c2)OCO3)cc1. The predicted molar refractivity (Wildman–Crippen MR) is 74.6 cm³/mol. The molecule has 5 heteroatoms. The van der Waals surface area contributed by atoms with Crippen LogP contribution in [0.25, 0.3) is 0 Å². The van der Waals surface area contributed by atoms with Gasteiger partial charge in [-0.1, -0.05) is 6.07 Å². The lowest BCUT2D eigenvalue weighted by Gasteiger charge is -2.06. The van der Waals surface area contributed by atoms with Gasteiger partial charge in [0, 0.05) is 17.8 Å². The number of hydrogen-bond acceptors (Lipinski definition) is 4. The molecule has 0 aliphatic carbocycles. The zero-order valence-electron chi connectivity index (χ0n) is 10.8. The fraction of sp³-hybridized carbons (Fsp3) is 0.133. The van der Waals surface area contributed by atoms with Crippen molar-refractivity contribution in [1.82, 2.24) is 5.32 Å². The number of rotatable bonds is 3. The third kappa shape index (κ3) is 2.51. The fourth-order valence-corrected chi connectivity index (χ4v) is 1.97. The highest BCUT2D eigenvalue weighted by Gasteiger charge is 2.13. The van der Waals surface area contributed by atoms with Crippen LogP contribution in [0.2, 0.25) is 0 Å². The van der Waals surface area contributed by atoms with Crippen molar-refractivity contribution in [3.8, 4) is 11.5 Å². The van der Waals surface area contributed by atoms with Gasteiger partial charge in [-0.25, -0.2) is 0 Å². The summed E-state index contributed by atoms with van der Waals surface area (Å²) in [7, 11) is 0. The fourth-order valence-electron chi connectivity index (χ4n) is 1.97. The molecule has 1 aliphatic rings. The molecule has 5 nitrogen and oxygen atoms in total. The molecule has 0 fully saturated rings. The lowest BCUT2D eigenvalue weighted by molar-refractivity contribution is 0.0951. The Balaban J connectivity index is 1.64. The third-order valence-electron chi connectivity index (χ3n) is 3.06. The van der Waals surface area contributed by atoms with E-state index in [1.807, 2.05) is 18.2 Å². The Hall–Kier alpha value is -2.69. The molecule has 1 amide bonds. The Labute approximate surface area is 116 Å². The number of nitrogens with one attached hydrogen (secondary N) is 1. The predicted octanol–water partition coefficient (Wildman–Crippen LogP) is 1.93. The van der Waals surface area contributed by atoms with Crippen molar-refractivity contribution in [1.29, 1.82) is 0 Å². The van der Waals surface area contributed by atoms with Crippen LogP contribution in [-0.4, -0.2) is 12.7 Å². The molecule has 0 bridgehead atoms. The molecule has 0 saturated carbocycles. The highest BCUT2D eigenvalue weighted by Crippen LogP contribution is 2.32. The quantitative estimate of drug-likeness (QED) is 0.836. The molecule has 2 aromatic carbocycles. The minimum Gasteiger partial charge on any atom is -0.454 e. The summed E-state index contributed by atoms with van der Waals surface area (Å²) < 4.78 is 10.5. The average Bonchev–Trinajstić information content (AvgIpc) is 2.93. The van der Waals surface area contributed by atoms with E-state index in [-0.39, 0.29) is 12.7 Å². The number of benzene rings is 2. The third-order valence-corrected chi connectivity index (χ3v) is 3.06. The molecule has 0 spiro atoms. The maximum atomic E-state index is 12.0. The summed E-state index contributed by atoms with van der Waals surface area (Å²) in [5.74, 6) is 1.31. The number of hydrogen-bond donors (Lipinski definition) is 2. The lowest BCUT2D eigenvalue weighted by atomic mass is 10.1. The lowest BCUT2D eigenvalue weighted by Crippen LogP contribution is -2.22. The van der Waals surface area contributed by atoms with Crippen molar-refractivity contribution in [2.75, 3.05) is 12.5 Å². The van der Waals surface area contributed by atoms with Crippen molar-refractivity contribution in [3.63, 3.8) is 0 Å². The minimum absolute atomic E-state index is 0.136. The second kappa shape index (κ2) is 5.13. The maximum Gasteiger partial charge on any atom is 0.251 e. The largest absolute Gasteiger partial charge is 0.454 e. The second-order valence-corrected chi connectivity index (χ2v) is 4.49. The number of ether oxygens (including phenoxy) is 2. The van der Waals surface area contributed by atoms with Crippen LogP contribution in [0.1, 0.15) is 15.9 Å². The van der Waals surface area contributed by atoms with Crippen molar-refractivity contribution in [2.45, 2.75) is 6.54 Å². The molecule has 0 aromatic heterocycles. The van der Waals surface area contributed by atoms with Crippen molar-refractivity contribution in [2.24, 2.45) is 0 Å². The molecular weight excluding hydrogens is 256 g/mol. The first-order valence-electron chi connectivity index (χ1n) is 6.24. The number of anilines is 1. The van der Waals surface area contributed by atoms with Crippen LogP contribution in [0.5, 0.6) is 11.5 Å². The minimum atomic E-state index is -0.136. The smallest absolute Gasteiger partial charge is 0.251 e. The molecule has 0 radical (unpaired) electrons. The molecule has 3 rings (SSSR count). The van der Waals surface area contributed by atoms with Crippen LogP contribution in [0.15, 0.2) is 42.5 Å². The summed E-state index contributed by atoms with van der Waals surface area (Å²) in [5.41, 5.74) is 7.76. The highest BCUT2D eigenvalue weighted by molar-refractivity contribution is 5.94. The van der Waals surface area contributed by atoms with Crippen LogP contribution >= 0.6 is 0 Å². The van der Waals surface area contributed by atoms with E-state index in [0.717, 1.165) is 11.3 Å². The maximum absolute atomic E-state index is 12.0. The standard InChI is InChI=1S/C15H14N2O3/c16-12-4-2-11(3-5-12)15(18)17-8-10-1-6-13-14(7-10)20-9-19-13/h1-7H,8-9,16H2,(H,17,18). The van der Waals surface area contributed by atoms with Crippen molar-refractivity contribution >= 4 is 11.6 Å². The number of nitrogen functional groups attached to an aromatic ring is 1. The highest BCUT2D eigenvalue weighted by atomic mass is 16.7. The number of carbonyl (C=O) groups is 1. The zero-order valence-corrected chi connectivity index (χ0v) is 10.8. The summed E-state index contributed by atoms with van der Waals surface area (Å²) in [6.07, 6.45) is 0. The van der Waals surface area contributed by atoms with Gasteiger partial charge in [0.15, 0.2) is 11.5 Å². The molecule has 0 atom stereocenters. The molecular formula is C15H14N2O3. The summed E-state index contributed by atoms with van der Waals surface area (Å²) in [6, 6.07) is 12.4. The molecule has 2 aromatic rings. The van der Waals surface area contributed by atoms with Gasteiger partial charge in [-0.3, -0.25) is 4.79 Å². The summed E-state index contributed by atoms with van der Waals surface area (Å²) in [5, 5.41) is 2.85. The Kier molecular flexibility index (Phi) is 3.16. The Morgan fingerprint density at radius 2 is 1.85 bits per heavy atom. The number of fused-ring (bicyclic) bond motifs is 1. The van der Waals surface area contributed by atoms with Crippen LogP contribution in [0.3, 0.4) is 0 Å². The van der Waals surface area contributed by atoms with Gasteiger partial charge in [0.2, 0.25) is 6.79 Å². The first-order valence-corrected chi connectivity index (χ1v) is 6.24. The first-order chi connectivity index (χ1) is 9.72. The first kappa shape index (κ1) is 12.3. The molecule has 1 aliphatic heterocycles. The van der Waals surface area contributed by atoms with E-state index in [0.29, 0.717) is 23.5 Å². The molecule has 20 heavy (non-hydrogen) atoms. The topological polar surface area (TPSA) is 73.6 Å². The summed E-state index contributed by atoms with van der Waals surface area (Å²) in [4.78, 5) is 12.0. The van der Waals surface area contributed by atoms with Gasteiger partial charge < -0.3 is 20.5 Å². The number of carbonyl (C=O) groups excluding carboxylic acids is 1. The molecule has 3 N–H and O–H groups in total. The van der Waals surface area contributed by atoms with Gasteiger partial charge in [-0.15, -0.1) is 0 Å². The van der Waals surface area contributed by atoms with Gasteiger partial charge in [0.1, 0.15) is 0 Å². The van der Waals surface area contributed by atoms with Gasteiger partial charge in [-0.05, 0) is 42.0 Å². The van der Waals surface area contributed by atoms with Crippen molar-refractivity contribution < 1.29 is 14.3 Å². The number of nitrogens with two attached hydrogens (primary N) is 1. The Morgan fingerprint density at radius 3 is 2.65 bits per heavy atom. The van der Waals surface area contributed by atoms with E-state index in [9.17, 15) is 4.79 Å². The van der Waals surface area contributed by atoms with Crippen LogP contribution in [-0.2, 0) is 6.54 Å². The number of amides is 1. The van der Waals surface area contributed by atoms with E-state index in [1.54, 1.807) is 24.3 Å². The van der Waals surface area contributed by atoms with Gasteiger partial charge in [-0.2, -0.15) is 0 Å². The van der Waals surface area contributed by atoms with Crippen LogP contribution < -0.4 is 20.5 Å². The van der Waals surface area contributed by atoms with Gasteiger partial charge in [0.25, 0.3) is 5.91 Å². The average molecular weight is 270 g/mol. The van der Waals surface area contributed by atoms with Gasteiger partial charge in [0.05, 0.1) is 0 Å². The van der Waals surface area contributed by atoms with Crippen LogP contribution in [0.4, 0.5) is 5.69 Å². The Bertz CT molecular complexity index is 638. The van der Waals surface area contributed by atoms with E-state index in [2.05, 4.69) is 5.32 Å². The normalized spacial score (nSPS) is 12.2. The molecule has 0 saturated heterocycles. The molecule has 0 unspecified atom stereocenters. The second-order valence-electron chi connectivity index (χ2n) is 4.49. The Morgan fingerprint density at radius 1 is 1.10 bits per heavy atom. The van der Waals surface area contributed by atoms with E-state index >= 15 is 0 Å².